The highest BCUT2D eigenvalue weighted by atomic mass is 32.1. The van der Waals surface area contributed by atoms with Crippen LogP contribution >= 0.6 is 11.3 Å². The number of ether oxygens (including phenoxy) is 1. The number of hydrogen-bond acceptors (Lipinski definition) is 7. The van der Waals surface area contributed by atoms with Gasteiger partial charge in [-0.25, -0.2) is 9.97 Å². The average molecular weight is 438 g/mol. The van der Waals surface area contributed by atoms with Gasteiger partial charge in [-0.2, -0.15) is 4.98 Å². The van der Waals surface area contributed by atoms with Crippen LogP contribution in [0.15, 0.2) is 30.5 Å². The number of carbonyl (C=O) groups excluding carboxylic acids is 1. The Bertz CT molecular complexity index is 1080. The molecule has 1 unspecified atom stereocenters. The van der Waals surface area contributed by atoms with Crippen molar-refractivity contribution in [2.45, 2.75) is 53.1 Å². The Morgan fingerprint density at radius 2 is 2.10 bits per heavy atom. The molecule has 1 amide bonds. The first-order valence-corrected chi connectivity index (χ1v) is 11.3. The molecule has 0 bridgehead atoms. The van der Waals surface area contributed by atoms with Crippen LogP contribution in [0.3, 0.4) is 0 Å². The van der Waals surface area contributed by atoms with Gasteiger partial charge in [0.2, 0.25) is 11.8 Å². The molecule has 0 saturated carbocycles. The molecule has 1 aromatic carbocycles. The van der Waals surface area contributed by atoms with Crippen LogP contribution in [0.1, 0.15) is 41.4 Å². The second-order valence-corrected chi connectivity index (χ2v) is 9.13. The van der Waals surface area contributed by atoms with E-state index in [-0.39, 0.29) is 5.91 Å². The number of aromatic nitrogens is 3. The van der Waals surface area contributed by atoms with Crippen LogP contribution in [0, 0.1) is 13.8 Å². The lowest BCUT2D eigenvalue weighted by Gasteiger charge is -2.26. The van der Waals surface area contributed by atoms with Crippen LogP contribution in [0.25, 0.3) is 0 Å². The van der Waals surface area contributed by atoms with E-state index in [1.54, 1.807) is 0 Å². The molecule has 3 aromatic rings. The third-order valence-electron chi connectivity index (χ3n) is 5.35. The number of anilines is 1. The van der Waals surface area contributed by atoms with Crippen molar-refractivity contribution < 1.29 is 9.53 Å². The molecule has 0 radical (unpaired) electrons. The Balaban J connectivity index is 1.45. The summed E-state index contributed by atoms with van der Waals surface area (Å²) in [7, 11) is 0. The third-order valence-corrected chi connectivity index (χ3v) is 6.24. The fourth-order valence-corrected chi connectivity index (χ4v) is 4.80. The number of amides is 1. The van der Waals surface area contributed by atoms with Gasteiger partial charge in [0.25, 0.3) is 0 Å². The van der Waals surface area contributed by atoms with E-state index in [9.17, 15) is 4.79 Å². The molecular formula is C23H27N5O2S. The second kappa shape index (κ2) is 9.11. The predicted octanol–water partition coefficient (Wildman–Crippen LogP) is 4.29. The van der Waals surface area contributed by atoms with Crippen molar-refractivity contribution in [3.63, 3.8) is 0 Å². The largest absolute Gasteiger partial charge is 0.439 e. The summed E-state index contributed by atoms with van der Waals surface area (Å²) >= 11 is 1.54. The highest BCUT2D eigenvalue weighted by molar-refractivity contribution is 7.15. The van der Waals surface area contributed by atoms with Gasteiger partial charge in [0.1, 0.15) is 11.6 Å². The van der Waals surface area contributed by atoms with Gasteiger partial charge in [0, 0.05) is 48.9 Å². The number of hydrogen-bond donors (Lipinski definition) is 1. The van der Waals surface area contributed by atoms with Crippen LogP contribution < -0.4 is 10.1 Å². The molecular weight excluding hydrogens is 410 g/mol. The van der Waals surface area contributed by atoms with Crippen LogP contribution in [0.4, 0.5) is 5.13 Å². The van der Waals surface area contributed by atoms with Crippen LogP contribution in [-0.4, -0.2) is 38.3 Å². The predicted molar refractivity (Wildman–Crippen MR) is 122 cm³/mol. The number of aryl methyl sites for hydroxylation is 2. The maximum atomic E-state index is 11.2. The number of nitrogens with one attached hydrogen (secondary N) is 1. The highest BCUT2D eigenvalue weighted by Gasteiger charge is 2.22. The molecule has 1 aliphatic heterocycles. The van der Waals surface area contributed by atoms with Crippen LogP contribution in [-0.2, 0) is 24.2 Å². The van der Waals surface area contributed by atoms with E-state index >= 15 is 0 Å². The first kappa shape index (κ1) is 21.4. The van der Waals surface area contributed by atoms with Gasteiger partial charge in [-0.15, -0.1) is 11.3 Å². The number of nitrogens with zero attached hydrogens (tertiary/aromatic N) is 4. The molecule has 0 aliphatic carbocycles. The maximum absolute atomic E-state index is 11.2. The summed E-state index contributed by atoms with van der Waals surface area (Å²) in [6, 6.07) is 8.57. The molecule has 0 fully saturated rings. The van der Waals surface area contributed by atoms with Gasteiger partial charge in [-0.3, -0.25) is 9.69 Å². The summed E-state index contributed by atoms with van der Waals surface area (Å²) in [5.41, 5.74) is 3.57. The molecule has 31 heavy (non-hydrogen) atoms. The second-order valence-electron chi connectivity index (χ2n) is 8.01. The number of thiazole rings is 1. The molecule has 4 rings (SSSR count). The molecule has 1 aliphatic rings. The van der Waals surface area contributed by atoms with Gasteiger partial charge in [0.05, 0.1) is 0 Å². The number of carbonyl (C=O) groups is 1. The molecule has 2 aromatic heterocycles. The fourth-order valence-electron chi connectivity index (χ4n) is 3.91. The molecule has 0 saturated heterocycles. The zero-order valence-electron chi connectivity index (χ0n) is 18.3. The Kier molecular flexibility index (Phi) is 6.29. The molecule has 7 nitrogen and oxygen atoms in total. The minimum atomic E-state index is -0.0928. The zero-order chi connectivity index (χ0) is 22.0. The maximum Gasteiger partial charge on any atom is 0.223 e. The van der Waals surface area contributed by atoms with Crippen molar-refractivity contribution in [1.29, 1.82) is 0 Å². The van der Waals surface area contributed by atoms with Gasteiger partial charge in [0.15, 0.2) is 5.13 Å². The van der Waals surface area contributed by atoms with Crippen molar-refractivity contribution in [2.75, 3.05) is 11.9 Å². The van der Waals surface area contributed by atoms with Crippen LogP contribution in [0.2, 0.25) is 0 Å². The van der Waals surface area contributed by atoms with E-state index in [0.717, 1.165) is 42.3 Å². The Morgan fingerprint density at radius 1 is 1.26 bits per heavy atom. The van der Waals surface area contributed by atoms with Gasteiger partial charge < -0.3 is 10.1 Å². The Morgan fingerprint density at radius 3 is 2.87 bits per heavy atom. The van der Waals surface area contributed by atoms with Crippen molar-refractivity contribution in [3.8, 4) is 11.6 Å². The molecule has 3 heterocycles. The lowest BCUT2D eigenvalue weighted by atomic mass is 10.0. The minimum absolute atomic E-state index is 0.0928. The first-order chi connectivity index (χ1) is 14.9. The third kappa shape index (κ3) is 5.45. The highest BCUT2D eigenvalue weighted by Crippen LogP contribution is 2.29. The van der Waals surface area contributed by atoms with E-state index in [1.165, 1.54) is 29.4 Å². The normalized spacial score (nSPS) is 16.5. The topological polar surface area (TPSA) is 80.2 Å². The van der Waals surface area contributed by atoms with Crippen molar-refractivity contribution in [2.24, 2.45) is 0 Å². The van der Waals surface area contributed by atoms with E-state index in [1.807, 2.05) is 32.2 Å². The molecule has 8 heteroatoms. The van der Waals surface area contributed by atoms with E-state index in [2.05, 4.69) is 44.2 Å². The summed E-state index contributed by atoms with van der Waals surface area (Å²) < 4.78 is 6.03. The summed E-state index contributed by atoms with van der Waals surface area (Å²) in [4.78, 5) is 27.9. The first-order valence-electron chi connectivity index (χ1n) is 10.4. The summed E-state index contributed by atoms with van der Waals surface area (Å²) in [5, 5.41) is 3.42. The quantitative estimate of drug-likeness (QED) is 0.641. The lowest BCUT2D eigenvalue weighted by molar-refractivity contribution is -0.114. The van der Waals surface area contributed by atoms with Crippen molar-refractivity contribution >= 4 is 22.4 Å². The van der Waals surface area contributed by atoms with Gasteiger partial charge in [-0.05, 0) is 56.9 Å². The van der Waals surface area contributed by atoms with E-state index in [0.29, 0.717) is 22.9 Å². The monoisotopic (exact) mass is 437 g/mol. The fraction of sp³-hybridized carbons (Fsp3) is 0.391. The van der Waals surface area contributed by atoms with E-state index in [4.69, 9.17) is 4.74 Å². The Hall–Kier alpha value is -2.84. The molecule has 162 valence electrons. The van der Waals surface area contributed by atoms with Gasteiger partial charge >= 0.3 is 0 Å². The molecule has 0 spiro atoms. The van der Waals surface area contributed by atoms with Crippen molar-refractivity contribution in [3.05, 3.63) is 58.0 Å². The minimum Gasteiger partial charge on any atom is -0.439 e. The number of rotatable bonds is 5. The average Bonchev–Trinajstić information content (AvgIpc) is 3.04. The van der Waals surface area contributed by atoms with Gasteiger partial charge in [-0.1, -0.05) is 6.07 Å². The summed E-state index contributed by atoms with van der Waals surface area (Å²) in [6.45, 7) is 9.38. The van der Waals surface area contributed by atoms with Crippen molar-refractivity contribution in [1.82, 2.24) is 19.9 Å². The zero-order valence-corrected chi connectivity index (χ0v) is 19.1. The lowest BCUT2D eigenvalue weighted by Crippen LogP contribution is -2.33. The SMILES string of the molecule is CC(=O)Nc1ncc(CN2CCc3ccc(Oc4cc(C)nc(C)n4)cc3CC2C)s1. The summed E-state index contributed by atoms with van der Waals surface area (Å²) in [6.07, 6.45) is 3.80. The molecule has 1 N–H and O–H groups in total. The number of benzene rings is 1. The summed E-state index contributed by atoms with van der Waals surface area (Å²) in [5.74, 6) is 2.00. The standard InChI is InChI=1S/C23H27N5O2S/c1-14-9-22(26-16(3)25-14)30-20-6-5-18-7-8-28(15(2)10-19(18)11-20)13-21-12-24-23(31-21)27-17(4)29/h5-6,9,11-12,15H,7-8,10,13H2,1-4H3,(H,24,27,29). The Labute approximate surface area is 186 Å². The number of fused-ring (bicyclic) bond motifs is 1. The van der Waals surface area contributed by atoms with Crippen LogP contribution in [0.5, 0.6) is 11.6 Å². The molecule has 1 atom stereocenters. The van der Waals surface area contributed by atoms with E-state index < -0.39 is 0 Å². The smallest absolute Gasteiger partial charge is 0.223 e.